The normalized spacial score (nSPS) is 13.3. The predicted molar refractivity (Wildman–Crippen MR) is 58.7 cm³/mol. The van der Waals surface area contributed by atoms with Crippen molar-refractivity contribution in [3.05, 3.63) is 47.2 Å². The van der Waals surface area contributed by atoms with Crippen molar-refractivity contribution < 1.29 is 18.7 Å². The Hall–Kier alpha value is -2.36. The summed E-state index contributed by atoms with van der Waals surface area (Å²) in [6.45, 7) is 0.326. The van der Waals surface area contributed by atoms with E-state index >= 15 is 0 Å². The molecule has 2 aromatic rings. The van der Waals surface area contributed by atoms with Crippen molar-refractivity contribution in [1.29, 1.82) is 0 Å². The van der Waals surface area contributed by atoms with Gasteiger partial charge in [0.1, 0.15) is 12.4 Å². The molecule has 84 valence electrons. The van der Waals surface area contributed by atoms with E-state index in [1.54, 1.807) is 18.2 Å². The average Bonchev–Trinajstić information content (AvgIpc) is 2.96. The van der Waals surface area contributed by atoms with E-state index in [0.29, 0.717) is 24.2 Å². The van der Waals surface area contributed by atoms with Crippen LogP contribution in [0.3, 0.4) is 0 Å². The summed E-state index contributed by atoms with van der Waals surface area (Å²) in [5.41, 5.74) is 2.20. The molecule has 0 amide bonds. The van der Waals surface area contributed by atoms with E-state index < -0.39 is 0 Å². The van der Waals surface area contributed by atoms with Gasteiger partial charge in [0.05, 0.1) is 5.56 Å². The summed E-state index contributed by atoms with van der Waals surface area (Å²) in [6, 6.07) is 8.69. The lowest BCUT2D eigenvalue weighted by Gasteiger charge is -1.98. The third kappa shape index (κ3) is 1.54. The second-order valence-corrected chi connectivity index (χ2v) is 3.77. The number of aldehydes is 1. The van der Waals surface area contributed by atoms with Crippen LogP contribution in [0.1, 0.15) is 26.5 Å². The van der Waals surface area contributed by atoms with Gasteiger partial charge in [-0.25, -0.2) is 4.79 Å². The van der Waals surface area contributed by atoms with Gasteiger partial charge in [-0.1, -0.05) is 12.1 Å². The summed E-state index contributed by atoms with van der Waals surface area (Å²) in [5.74, 6) is 0.515. The van der Waals surface area contributed by atoms with Crippen molar-refractivity contribution in [3.63, 3.8) is 0 Å². The highest BCUT2D eigenvalue weighted by atomic mass is 16.5. The maximum absolute atomic E-state index is 11.4. The SMILES string of the molecule is O=Cc1ccc(-c2ccc3c(c2)C(=O)OC3)o1. The fraction of sp³-hybridized carbons (Fsp3) is 0.0769. The van der Waals surface area contributed by atoms with Crippen molar-refractivity contribution in [2.45, 2.75) is 6.61 Å². The van der Waals surface area contributed by atoms with Gasteiger partial charge >= 0.3 is 5.97 Å². The lowest BCUT2D eigenvalue weighted by molar-refractivity contribution is 0.0535. The van der Waals surface area contributed by atoms with Crippen molar-refractivity contribution in [1.82, 2.24) is 0 Å². The standard InChI is InChI=1S/C13H8O4/c14-6-10-3-4-12(17-10)8-1-2-9-7-16-13(15)11(9)5-8/h1-6H,7H2. The lowest BCUT2D eigenvalue weighted by Crippen LogP contribution is -1.93. The minimum absolute atomic E-state index is 0.267. The van der Waals surface area contributed by atoms with Crippen LogP contribution in [0.4, 0.5) is 0 Å². The summed E-state index contributed by atoms with van der Waals surface area (Å²) in [6.07, 6.45) is 0.644. The quantitative estimate of drug-likeness (QED) is 0.585. The summed E-state index contributed by atoms with van der Waals surface area (Å²) < 4.78 is 10.2. The monoisotopic (exact) mass is 228 g/mol. The van der Waals surface area contributed by atoms with Crippen LogP contribution in [0, 0.1) is 0 Å². The Balaban J connectivity index is 2.07. The number of rotatable bonds is 2. The highest BCUT2D eigenvalue weighted by molar-refractivity contribution is 5.94. The molecule has 3 rings (SSSR count). The Morgan fingerprint density at radius 2 is 2.06 bits per heavy atom. The van der Waals surface area contributed by atoms with Gasteiger partial charge in [-0.15, -0.1) is 0 Å². The molecule has 0 aliphatic carbocycles. The lowest BCUT2D eigenvalue weighted by atomic mass is 10.0. The van der Waals surface area contributed by atoms with Crippen LogP contribution in [-0.2, 0) is 11.3 Å². The third-order valence-corrected chi connectivity index (χ3v) is 2.72. The molecule has 0 fully saturated rings. The number of cyclic esters (lactones) is 1. The molecule has 0 bridgehead atoms. The first-order valence-corrected chi connectivity index (χ1v) is 5.13. The van der Waals surface area contributed by atoms with Gasteiger partial charge in [-0.3, -0.25) is 4.79 Å². The van der Waals surface area contributed by atoms with E-state index in [4.69, 9.17) is 9.15 Å². The fourth-order valence-corrected chi connectivity index (χ4v) is 1.84. The van der Waals surface area contributed by atoms with Gasteiger partial charge in [0.2, 0.25) is 0 Å². The summed E-state index contributed by atoms with van der Waals surface area (Å²) in [4.78, 5) is 21.9. The number of carbonyl (C=O) groups excluding carboxylic acids is 2. The van der Waals surface area contributed by atoms with Crippen molar-refractivity contribution in [3.8, 4) is 11.3 Å². The number of esters is 1. The molecule has 2 heterocycles. The Labute approximate surface area is 96.8 Å². The van der Waals surface area contributed by atoms with Crippen molar-refractivity contribution >= 4 is 12.3 Å². The Bertz CT molecular complexity index is 610. The molecule has 0 saturated carbocycles. The molecule has 4 nitrogen and oxygen atoms in total. The van der Waals surface area contributed by atoms with Crippen molar-refractivity contribution in [2.24, 2.45) is 0 Å². The Morgan fingerprint density at radius 1 is 1.18 bits per heavy atom. The maximum atomic E-state index is 11.4. The largest absolute Gasteiger partial charge is 0.457 e. The molecule has 0 spiro atoms. The molecule has 17 heavy (non-hydrogen) atoms. The van der Waals surface area contributed by atoms with Crippen LogP contribution in [-0.4, -0.2) is 12.3 Å². The minimum atomic E-state index is -0.316. The fourth-order valence-electron chi connectivity index (χ4n) is 1.84. The highest BCUT2D eigenvalue weighted by Crippen LogP contribution is 2.27. The molecule has 0 unspecified atom stereocenters. The molecular formula is C13H8O4. The first kappa shape index (κ1) is 9.84. The van der Waals surface area contributed by atoms with Gasteiger partial charge in [0, 0.05) is 11.1 Å². The van der Waals surface area contributed by atoms with E-state index in [1.807, 2.05) is 12.1 Å². The Kier molecular flexibility index (Phi) is 2.08. The van der Waals surface area contributed by atoms with Crippen LogP contribution >= 0.6 is 0 Å². The van der Waals surface area contributed by atoms with Gasteiger partial charge in [-0.2, -0.15) is 0 Å². The zero-order valence-electron chi connectivity index (χ0n) is 8.80. The van der Waals surface area contributed by atoms with Gasteiger partial charge in [0.15, 0.2) is 12.0 Å². The zero-order chi connectivity index (χ0) is 11.8. The Morgan fingerprint density at radius 3 is 2.82 bits per heavy atom. The first-order chi connectivity index (χ1) is 8.28. The number of hydrogen-bond acceptors (Lipinski definition) is 4. The number of furan rings is 1. The van der Waals surface area contributed by atoms with Gasteiger partial charge in [-0.05, 0) is 18.2 Å². The van der Waals surface area contributed by atoms with Crippen molar-refractivity contribution in [2.75, 3.05) is 0 Å². The topological polar surface area (TPSA) is 56.5 Å². The number of ether oxygens (including phenoxy) is 1. The molecule has 0 N–H and O–H groups in total. The molecule has 0 radical (unpaired) electrons. The van der Waals surface area contributed by atoms with Crippen LogP contribution in [0.15, 0.2) is 34.7 Å². The van der Waals surface area contributed by atoms with Gasteiger partial charge in [0.25, 0.3) is 0 Å². The average molecular weight is 228 g/mol. The molecule has 1 aromatic heterocycles. The van der Waals surface area contributed by atoms with Crippen LogP contribution in [0.25, 0.3) is 11.3 Å². The van der Waals surface area contributed by atoms with Crippen LogP contribution in [0.5, 0.6) is 0 Å². The summed E-state index contributed by atoms with van der Waals surface area (Å²) >= 11 is 0. The van der Waals surface area contributed by atoms with E-state index in [9.17, 15) is 9.59 Å². The second-order valence-electron chi connectivity index (χ2n) is 3.77. The highest BCUT2D eigenvalue weighted by Gasteiger charge is 2.21. The van der Waals surface area contributed by atoms with E-state index in [0.717, 1.165) is 11.1 Å². The molecule has 1 aliphatic heterocycles. The van der Waals surface area contributed by atoms with E-state index in [1.165, 1.54) is 0 Å². The molecular weight excluding hydrogens is 220 g/mol. The summed E-state index contributed by atoms with van der Waals surface area (Å²) in [5, 5.41) is 0. The molecule has 4 heteroatoms. The molecule has 1 aromatic carbocycles. The number of carbonyl (C=O) groups is 2. The van der Waals surface area contributed by atoms with E-state index in [-0.39, 0.29) is 11.7 Å². The first-order valence-electron chi connectivity index (χ1n) is 5.13. The van der Waals surface area contributed by atoms with Crippen LogP contribution < -0.4 is 0 Å². The number of fused-ring (bicyclic) bond motifs is 1. The molecule has 1 aliphatic rings. The zero-order valence-corrected chi connectivity index (χ0v) is 8.80. The molecule has 0 saturated heterocycles. The maximum Gasteiger partial charge on any atom is 0.338 e. The van der Waals surface area contributed by atoms with Gasteiger partial charge < -0.3 is 9.15 Å². The summed E-state index contributed by atoms with van der Waals surface area (Å²) in [7, 11) is 0. The minimum Gasteiger partial charge on any atom is -0.457 e. The smallest absolute Gasteiger partial charge is 0.338 e. The predicted octanol–water partition coefficient (Wildman–Crippen LogP) is 2.43. The number of hydrogen-bond donors (Lipinski definition) is 0. The second kappa shape index (κ2) is 3.59. The van der Waals surface area contributed by atoms with E-state index in [2.05, 4.69) is 0 Å². The third-order valence-electron chi connectivity index (χ3n) is 2.72. The van der Waals surface area contributed by atoms with Crippen LogP contribution in [0.2, 0.25) is 0 Å². The number of benzene rings is 1. The molecule has 0 atom stereocenters.